The zero-order chi connectivity index (χ0) is 12.4. The number of nitrogens with two attached hydrogens (primary N) is 1. The largest absolute Gasteiger partial charge is 0.327 e. The van der Waals surface area contributed by atoms with E-state index in [1.165, 1.54) is 45.3 Å². The van der Waals surface area contributed by atoms with E-state index in [9.17, 15) is 0 Å². The second kappa shape index (κ2) is 5.71. The van der Waals surface area contributed by atoms with Crippen LogP contribution in [-0.4, -0.2) is 30.6 Å². The topological polar surface area (TPSA) is 29.3 Å². The fourth-order valence-corrected chi connectivity index (χ4v) is 3.93. The zero-order valence-electron chi connectivity index (χ0n) is 11.9. The first-order valence-corrected chi connectivity index (χ1v) is 7.63. The summed E-state index contributed by atoms with van der Waals surface area (Å²) in [6, 6.07) is 0.500. The Balaban J connectivity index is 1.86. The van der Waals surface area contributed by atoms with Gasteiger partial charge in [-0.25, -0.2) is 0 Å². The van der Waals surface area contributed by atoms with E-state index in [0.717, 1.165) is 23.7 Å². The van der Waals surface area contributed by atoms with Gasteiger partial charge in [0, 0.05) is 19.1 Å². The molecule has 0 aliphatic heterocycles. The van der Waals surface area contributed by atoms with E-state index < -0.39 is 0 Å². The molecule has 0 spiro atoms. The molecule has 5 unspecified atom stereocenters. The Morgan fingerprint density at radius 3 is 2.47 bits per heavy atom. The quantitative estimate of drug-likeness (QED) is 0.771. The van der Waals surface area contributed by atoms with Crippen LogP contribution in [0.3, 0.4) is 0 Å². The number of nitrogens with zero attached hydrogens (tertiary/aromatic N) is 1. The molecule has 2 bridgehead atoms. The van der Waals surface area contributed by atoms with Crippen LogP contribution in [0.25, 0.3) is 0 Å². The maximum absolute atomic E-state index is 6.40. The van der Waals surface area contributed by atoms with Gasteiger partial charge in [-0.3, -0.25) is 0 Å². The average molecular weight is 238 g/mol. The first-order valence-electron chi connectivity index (χ1n) is 7.63. The molecule has 100 valence electrons. The molecule has 0 amide bonds. The number of hydrogen-bond acceptors (Lipinski definition) is 2. The molecule has 0 saturated heterocycles. The maximum atomic E-state index is 6.40. The number of rotatable bonds is 6. The third-order valence-corrected chi connectivity index (χ3v) is 5.34. The van der Waals surface area contributed by atoms with Crippen LogP contribution < -0.4 is 5.73 Å². The van der Waals surface area contributed by atoms with Crippen molar-refractivity contribution in [3.05, 3.63) is 0 Å². The van der Waals surface area contributed by atoms with Crippen molar-refractivity contribution in [1.29, 1.82) is 0 Å². The molecule has 2 rings (SSSR count). The second-order valence-corrected chi connectivity index (χ2v) is 6.44. The van der Waals surface area contributed by atoms with Gasteiger partial charge in [-0.1, -0.05) is 27.2 Å². The van der Waals surface area contributed by atoms with Gasteiger partial charge in [-0.15, -0.1) is 0 Å². The Morgan fingerprint density at radius 1 is 1.24 bits per heavy atom. The summed E-state index contributed by atoms with van der Waals surface area (Å²) in [5, 5.41) is 0. The maximum Gasteiger partial charge on any atom is 0.0111 e. The SMILES string of the molecule is CCC(C)CN(CC)CC1C2CCC(C2)C1N. The standard InChI is InChI=1S/C15H30N2/c1-4-11(3)9-17(5-2)10-14-12-6-7-13(8-12)15(14)16/h11-15H,4-10,16H2,1-3H3. The fraction of sp³-hybridized carbons (Fsp3) is 1.00. The Morgan fingerprint density at radius 2 is 1.94 bits per heavy atom. The Hall–Kier alpha value is -0.0800. The average Bonchev–Trinajstić information content (AvgIpc) is 2.91. The predicted octanol–water partition coefficient (Wildman–Crippen LogP) is 2.73. The van der Waals surface area contributed by atoms with Gasteiger partial charge in [-0.2, -0.15) is 0 Å². The molecular formula is C15H30N2. The number of hydrogen-bond donors (Lipinski definition) is 1. The van der Waals surface area contributed by atoms with Gasteiger partial charge in [0.15, 0.2) is 0 Å². The van der Waals surface area contributed by atoms with E-state index in [1.54, 1.807) is 0 Å². The molecule has 2 nitrogen and oxygen atoms in total. The smallest absolute Gasteiger partial charge is 0.0111 e. The van der Waals surface area contributed by atoms with Crippen LogP contribution in [0, 0.1) is 23.7 Å². The van der Waals surface area contributed by atoms with Crippen molar-refractivity contribution in [2.24, 2.45) is 29.4 Å². The molecule has 2 aliphatic carbocycles. The van der Waals surface area contributed by atoms with E-state index in [0.29, 0.717) is 6.04 Å². The van der Waals surface area contributed by atoms with Gasteiger partial charge in [0.2, 0.25) is 0 Å². The Labute approximate surface area is 107 Å². The van der Waals surface area contributed by atoms with Crippen molar-refractivity contribution in [3.63, 3.8) is 0 Å². The summed E-state index contributed by atoms with van der Waals surface area (Å²) in [4.78, 5) is 2.64. The van der Waals surface area contributed by atoms with Crippen LogP contribution in [0.1, 0.15) is 46.5 Å². The highest BCUT2D eigenvalue weighted by molar-refractivity contribution is 4.99. The van der Waals surface area contributed by atoms with Crippen molar-refractivity contribution >= 4 is 0 Å². The minimum Gasteiger partial charge on any atom is -0.327 e. The summed E-state index contributed by atoms with van der Waals surface area (Å²) >= 11 is 0. The van der Waals surface area contributed by atoms with Crippen LogP contribution in [-0.2, 0) is 0 Å². The molecule has 2 saturated carbocycles. The highest BCUT2D eigenvalue weighted by Gasteiger charge is 2.45. The molecule has 2 N–H and O–H groups in total. The fourth-order valence-electron chi connectivity index (χ4n) is 3.93. The molecule has 0 radical (unpaired) electrons. The van der Waals surface area contributed by atoms with Crippen molar-refractivity contribution in [2.75, 3.05) is 19.6 Å². The van der Waals surface area contributed by atoms with Gasteiger partial charge in [0.25, 0.3) is 0 Å². The van der Waals surface area contributed by atoms with Gasteiger partial charge in [0.05, 0.1) is 0 Å². The third kappa shape index (κ3) is 2.85. The highest BCUT2D eigenvalue weighted by Crippen LogP contribution is 2.47. The summed E-state index contributed by atoms with van der Waals surface area (Å²) in [6.07, 6.45) is 5.57. The summed E-state index contributed by atoms with van der Waals surface area (Å²) in [7, 11) is 0. The summed E-state index contributed by atoms with van der Waals surface area (Å²) in [6.45, 7) is 10.6. The van der Waals surface area contributed by atoms with E-state index in [2.05, 4.69) is 25.7 Å². The minimum atomic E-state index is 0.500. The van der Waals surface area contributed by atoms with Gasteiger partial charge < -0.3 is 10.6 Å². The molecule has 0 aromatic rings. The van der Waals surface area contributed by atoms with Crippen molar-refractivity contribution in [1.82, 2.24) is 4.90 Å². The Kier molecular flexibility index (Phi) is 4.48. The highest BCUT2D eigenvalue weighted by atomic mass is 15.1. The first-order chi connectivity index (χ1) is 8.15. The lowest BCUT2D eigenvalue weighted by Gasteiger charge is -2.34. The lowest BCUT2D eigenvalue weighted by Crippen LogP contribution is -2.43. The molecule has 2 aliphatic rings. The monoisotopic (exact) mass is 238 g/mol. The molecule has 0 heterocycles. The second-order valence-electron chi connectivity index (χ2n) is 6.44. The molecule has 0 aromatic heterocycles. The lowest BCUT2D eigenvalue weighted by atomic mass is 9.84. The third-order valence-electron chi connectivity index (χ3n) is 5.34. The molecule has 17 heavy (non-hydrogen) atoms. The summed E-state index contributed by atoms with van der Waals surface area (Å²) < 4.78 is 0. The molecule has 2 fully saturated rings. The van der Waals surface area contributed by atoms with Crippen molar-refractivity contribution in [2.45, 2.75) is 52.5 Å². The van der Waals surface area contributed by atoms with Crippen LogP contribution in [0.5, 0.6) is 0 Å². The van der Waals surface area contributed by atoms with Crippen molar-refractivity contribution in [3.8, 4) is 0 Å². The number of fused-ring (bicyclic) bond motifs is 2. The van der Waals surface area contributed by atoms with E-state index in [-0.39, 0.29) is 0 Å². The molecule has 5 atom stereocenters. The van der Waals surface area contributed by atoms with Crippen LogP contribution in [0.4, 0.5) is 0 Å². The lowest BCUT2D eigenvalue weighted by molar-refractivity contribution is 0.163. The van der Waals surface area contributed by atoms with Crippen molar-refractivity contribution < 1.29 is 0 Å². The molecule has 2 heteroatoms. The minimum absolute atomic E-state index is 0.500. The summed E-state index contributed by atoms with van der Waals surface area (Å²) in [5.74, 6) is 3.41. The van der Waals surface area contributed by atoms with E-state index in [4.69, 9.17) is 5.73 Å². The van der Waals surface area contributed by atoms with Crippen LogP contribution in [0.15, 0.2) is 0 Å². The van der Waals surface area contributed by atoms with E-state index >= 15 is 0 Å². The normalized spacial score (nSPS) is 37.9. The van der Waals surface area contributed by atoms with Gasteiger partial charge >= 0.3 is 0 Å². The molecular weight excluding hydrogens is 208 g/mol. The predicted molar refractivity (Wildman–Crippen MR) is 73.9 cm³/mol. The zero-order valence-corrected chi connectivity index (χ0v) is 11.9. The van der Waals surface area contributed by atoms with Gasteiger partial charge in [0.1, 0.15) is 0 Å². The van der Waals surface area contributed by atoms with Gasteiger partial charge in [-0.05, 0) is 49.5 Å². The molecule has 0 aromatic carbocycles. The van der Waals surface area contributed by atoms with Crippen LogP contribution in [0.2, 0.25) is 0 Å². The Bertz CT molecular complexity index is 239. The van der Waals surface area contributed by atoms with E-state index in [1.807, 2.05) is 0 Å². The first kappa shape index (κ1) is 13.4. The van der Waals surface area contributed by atoms with Crippen LogP contribution >= 0.6 is 0 Å². The summed E-state index contributed by atoms with van der Waals surface area (Å²) in [5.41, 5.74) is 6.40.